The van der Waals surface area contributed by atoms with E-state index in [2.05, 4.69) is 5.32 Å². The first-order valence-corrected chi connectivity index (χ1v) is 7.33. The van der Waals surface area contributed by atoms with Crippen molar-refractivity contribution in [1.82, 2.24) is 5.32 Å². The zero-order chi connectivity index (χ0) is 14.9. The summed E-state index contributed by atoms with van der Waals surface area (Å²) < 4.78 is 6.00. The van der Waals surface area contributed by atoms with Crippen molar-refractivity contribution in [2.45, 2.75) is 19.4 Å². The molecule has 0 aliphatic carbocycles. The lowest BCUT2D eigenvalue weighted by Crippen LogP contribution is -2.46. The molecule has 0 aliphatic heterocycles. The number of nitrogens with two attached hydrogens (primary N) is 1. The van der Waals surface area contributed by atoms with Crippen LogP contribution in [0.25, 0.3) is 10.1 Å². The molecule has 0 radical (unpaired) electrons. The number of hydrogen-bond acceptors (Lipinski definition) is 4. The SMILES string of the molecule is COCC(C)(C)NC(=O)c1sc2cccc(Cl)c2c1N. The summed E-state index contributed by atoms with van der Waals surface area (Å²) in [5.74, 6) is -0.207. The number of carbonyl (C=O) groups excluding carboxylic acids is 1. The zero-order valence-electron chi connectivity index (χ0n) is 11.6. The zero-order valence-corrected chi connectivity index (χ0v) is 13.2. The van der Waals surface area contributed by atoms with Gasteiger partial charge in [0.2, 0.25) is 0 Å². The number of halogens is 1. The maximum absolute atomic E-state index is 12.4. The molecule has 1 aromatic carbocycles. The summed E-state index contributed by atoms with van der Waals surface area (Å²) in [7, 11) is 1.60. The molecule has 1 aromatic heterocycles. The van der Waals surface area contributed by atoms with E-state index in [-0.39, 0.29) is 5.91 Å². The van der Waals surface area contributed by atoms with E-state index in [4.69, 9.17) is 22.1 Å². The molecule has 0 saturated carbocycles. The number of anilines is 1. The van der Waals surface area contributed by atoms with Gasteiger partial charge in [-0.05, 0) is 26.0 Å². The molecule has 20 heavy (non-hydrogen) atoms. The van der Waals surface area contributed by atoms with E-state index >= 15 is 0 Å². The van der Waals surface area contributed by atoms with Gasteiger partial charge in [0, 0.05) is 17.2 Å². The van der Waals surface area contributed by atoms with Crippen molar-refractivity contribution in [2.75, 3.05) is 19.5 Å². The summed E-state index contributed by atoms with van der Waals surface area (Å²) in [6.07, 6.45) is 0. The molecule has 6 heteroatoms. The third-order valence-electron chi connectivity index (χ3n) is 2.86. The Bertz CT molecular complexity index is 652. The summed E-state index contributed by atoms with van der Waals surface area (Å²) >= 11 is 7.48. The van der Waals surface area contributed by atoms with Crippen molar-refractivity contribution in [3.63, 3.8) is 0 Å². The van der Waals surface area contributed by atoms with E-state index in [1.165, 1.54) is 11.3 Å². The molecule has 2 aromatic rings. The van der Waals surface area contributed by atoms with Crippen LogP contribution >= 0.6 is 22.9 Å². The second-order valence-electron chi connectivity index (χ2n) is 5.23. The second kappa shape index (κ2) is 5.60. The van der Waals surface area contributed by atoms with Crippen molar-refractivity contribution >= 4 is 44.6 Å². The average molecular weight is 313 g/mol. The van der Waals surface area contributed by atoms with Crippen LogP contribution in [0.5, 0.6) is 0 Å². The van der Waals surface area contributed by atoms with Crippen LogP contribution in [0.15, 0.2) is 18.2 Å². The summed E-state index contributed by atoms with van der Waals surface area (Å²) in [6.45, 7) is 4.21. The Labute approximate surface area is 126 Å². The van der Waals surface area contributed by atoms with Gasteiger partial charge in [-0.2, -0.15) is 0 Å². The first-order valence-electron chi connectivity index (χ1n) is 6.13. The Morgan fingerprint density at radius 1 is 1.50 bits per heavy atom. The maximum atomic E-state index is 12.4. The minimum atomic E-state index is -0.460. The molecule has 0 unspecified atom stereocenters. The molecule has 4 nitrogen and oxygen atoms in total. The smallest absolute Gasteiger partial charge is 0.264 e. The van der Waals surface area contributed by atoms with Crippen molar-refractivity contribution in [3.8, 4) is 0 Å². The average Bonchev–Trinajstić information content (AvgIpc) is 2.67. The second-order valence-corrected chi connectivity index (χ2v) is 6.69. The lowest BCUT2D eigenvalue weighted by atomic mass is 10.1. The normalized spacial score (nSPS) is 11.8. The highest BCUT2D eigenvalue weighted by Gasteiger charge is 2.24. The predicted molar refractivity (Wildman–Crippen MR) is 84.7 cm³/mol. The van der Waals surface area contributed by atoms with Crippen LogP contribution in [-0.2, 0) is 4.74 Å². The summed E-state index contributed by atoms with van der Waals surface area (Å²) in [5.41, 5.74) is 6.04. The van der Waals surface area contributed by atoms with Crippen LogP contribution in [0.2, 0.25) is 5.02 Å². The van der Waals surface area contributed by atoms with E-state index in [1.807, 2.05) is 26.0 Å². The fraction of sp³-hybridized carbons (Fsp3) is 0.357. The van der Waals surface area contributed by atoms with Crippen molar-refractivity contribution < 1.29 is 9.53 Å². The highest BCUT2D eigenvalue weighted by atomic mass is 35.5. The fourth-order valence-corrected chi connectivity index (χ4v) is 3.44. The largest absolute Gasteiger partial charge is 0.397 e. The van der Waals surface area contributed by atoms with Crippen LogP contribution < -0.4 is 11.1 Å². The van der Waals surface area contributed by atoms with Crippen molar-refractivity contribution in [2.24, 2.45) is 0 Å². The topological polar surface area (TPSA) is 64.3 Å². The molecule has 0 saturated heterocycles. The van der Waals surface area contributed by atoms with Gasteiger partial charge in [0.1, 0.15) is 4.88 Å². The molecule has 3 N–H and O–H groups in total. The molecule has 108 valence electrons. The lowest BCUT2D eigenvalue weighted by Gasteiger charge is -2.24. The molecule has 0 fully saturated rings. The number of amides is 1. The maximum Gasteiger partial charge on any atom is 0.264 e. The first kappa shape index (κ1) is 15.1. The van der Waals surface area contributed by atoms with Crippen LogP contribution in [0.3, 0.4) is 0 Å². The molecule has 1 heterocycles. The molecular formula is C14H17ClN2O2S. The molecule has 1 amide bonds. The number of nitrogen functional groups attached to an aromatic ring is 1. The van der Waals surface area contributed by atoms with Crippen LogP contribution in [0.1, 0.15) is 23.5 Å². The third kappa shape index (κ3) is 2.90. The Kier molecular flexibility index (Phi) is 4.22. The quantitative estimate of drug-likeness (QED) is 0.910. The van der Waals surface area contributed by atoms with Crippen LogP contribution in [0, 0.1) is 0 Å². The minimum absolute atomic E-state index is 0.207. The van der Waals surface area contributed by atoms with Gasteiger partial charge in [-0.25, -0.2) is 0 Å². The van der Waals surface area contributed by atoms with Gasteiger partial charge < -0.3 is 15.8 Å². The summed E-state index contributed by atoms with van der Waals surface area (Å²) in [4.78, 5) is 12.8. The number of rotatable bonds is 4. The molecule has 0 bridgehead atoms. The molecular weight excluding hydrogens is 296 g/mol. The van der Waals surface area contributed by atoms with E-state index in [0.717, 1.165) is 10.1 Å². The third-order valence-corrected chi connectivity index (χ3v) is 4.35. The number of benzene rings is 1. The van der Waals surface area contributed by atoms with E-state index in [9.17, 15) is 4.79 Å². The molecule has 2 rings (SSSR count). The standard InChI is InChI=1S/C14H17ClN2O2S/c1-14(2,7-19-3)17-13(18)12-11(16)10-8(15)5-4-6-9(10)20-12/h4-6H,7,16H2,1-3H3,(H,17,18). The van der Waals surface area contributed by atoms with Gasteiger partial charge in [-0.15, -0.1) is 11.3 Å². The Morgan fingerprint density at radius 3 is 2.80 bits per heavy atom. The van der Waals surface area contributed by atoms with E-state index < -0.39 is 5.54 Å². The van der Waals surface area contributed by atoms with Gasteiger partial charge in [-0.1, -0.05) is 17.7 Å². The number of thiophene rings is 1. The molecule has 0 spiro atoms. The number of methoxy groups -OCH3 is 1. The van der Waals surface area contributed by atoms with Crippen LogP contribution in [0.4, 0.5) is 5.69 Å². The van der Waals surface area contributed by atoms with Gasteiger partial charge >= 0.3 is 0 Å². The molecule has 0 atom stereocenters. The lowest BCUT2D eigenvalue weighted by molar-refractivity contribution is 0.0824. The number of ether oxygens (including phenoxy) is 1. The number of nitrogens with one attached hydrogen (secondary N) is 1. The fourth-order valence-electron chi connectivity index (χ4n) is 2.06. The van der Waals surface area contributed by atoms with Gasteiger partial charge in [0.15, 0.2) is 0 Å². The first-order chi connectivity index (χ1) is 9.35. The Hall–Kier alpha value is -1.30. The summed E-state index contributed by atoms with van der Waals surface area (Å²) in [6, 6.07) is 5.51. The number of hydrogen-bond donors (Lipinski definition) is 2. The number of carbonyl (C=O) groups is 1. The molecule has 0 aliphatic rings. The van der Waals surface area contributed by atoms with E-state index in [1.54, 1.807) is 13.2 Å². The van der Waals surface area contributed by atoms with E-state index in [0.29, 0.717) is 22.2 Å². The Balaban J connectivity index is 2.36. The van der Waals surface area contributed by atoms with Gasteiger partial charge in [-0.3, -0.25) is 4.79 Å². The van der Waals surface area contributed by atoms with Gasteiger partial charge in [0.25, 0.3) is 5.91 Å². The van der Waals surface area contributed by atoms with Crippen molar-refractivity contribution in [3.05, 3.63) is 28.1 Å². The summed E-state index contributed by atoms with van der Waals surface area (Å²) in [5, 5.41) is 4.22. The van der Waals surface area contributed by atoms with Crippen molar-refractivity contribution in [1.29, 1.82) is 0 Å². The highest BCUT2D eigenvalue weighted by molar-refractivity contribution is 7.21. The monoisotopic (exact) mass is 312 g/mol. The van der Waals surface area contributed by atoms with Crippen LogP contribution in [-0.4, -0.2) is 25.2 Å². The van der Waals surface area contributed by atoms with Gasteiger partial charge in [0.05, 0.1) is 22.9 Å². The Morgan fingerprint density at radius 2 is 2.20 bits per heavy atom. The highest BCUT2D eigenvalue weighted by Crippen LogP contribution is 2.38. The minimum Gasteiger partial charge on any atom is -0.397 e. The number of fused-ring (bicyclic) bond motifs is 1. The predicted octanol–water partition coefficient (Wildman–Crippen LogP) is 3.29.